The molecule has 1 amide bonds. The Hall–Kier alpha value is -2.76. The van der Waals surface area contributed by atoms with Crippen molar-refractivity contribution >= 4 is 11.9 Å². The zero-order valence-corrected chi connectivity index (χ0v) is 11.8. The van der Waals surface area contributed by atoms with E-state index in [2.05, 4.69) is 15.3 Å². The lowest BCUT2D eigenvalue weighted by Gasteiger charge is -2.12. The highest BCUT2D eigenvalue weighted by Gasteiger charge is 2.50. The van der Waals surface area contributed by atoms with Crippen LogP contribution in [0.3, 0.4) is 0 Å². The van der Waals surface area contributed by atoms with Gasteiger partial charge in [-0.15, -0.1) is 0 Å². The summed E-state index contributed by atoms with van der Waals surface area (Å²) >= 11 is 0. The third-order valence-electron chi connectivity index (χ3n) is 3.90. The van der Waals surface area contributed by atoms with Crippen molar-refractivity contribution < 1.29 is 14.7 Å². The molecule has 1 saturated carbocycles. The Morgan fingerprint density at radius 3 is 2.59 bits per heavy atom. The highest BCUT2D eigenvalue weighted by atomic mass is 16.4. The molecule has 1 aliphatic carbocycles. The molecule has 3 rings (SSSR count). The van der Waals surface area contributed by atoms with E-state index >= 15 is 0 Å². The van der Waals surface area contributed by atoms with Gasteiger partial charge in [0.2, 0.25) is 0 Å². The van der Waals surface area contributed by atoms with Crippen LogP contribution in [0.5, 0.6) is 0 Å². The summed E-state index contributed by atoms with van der Waals surface area (Å²) in [6, 6.07) is 9.33. The maximum atomic E-state index is 12.4. The van der Waals surface area contributed by atoms with Crippen LogP contribution in [0.15, 0.2) is 42.9 Å². The summed E-state index contributed by atoms with van der Waals surface area (Å²) < 4.78 is 0. The van der Waals surface area contributed by atoms with Gasteiger partial charge in [-0.25, -0.2) is 9.97 Å². The topological polar surface area (TPSA) is 92.2 Å². The number of benzene rings is 1. The third kappa shape index (κ3) is 2.67. The second-order valence-corrected chi connectivity index (χ2v) is 5.42. The zero-order valence-electron chi connectivity index (χ0n) is 11.8. The van der Waals surface area contributed by atoms with Gasteiger partial charge in [-0.05, 0) is 12.8 Å². The van der Waals surface area contributed by atoms with Gasteiger partial charge in [0.05, 0.1) is 16.7 Å². The highest BCUT2D eigenvalue weighted by molar-refractivity contribution is 5.99. The number of nitrogens with one attached hydrogen (secondary N) is 1. The molecule has 22 heavy (non-hydrogen) atoms. The first-order valence-electron chi connectivity index (χ1n) is 6.99. The third-order valence-corrected chi connectivity index (χ3v) is 3.90. The fraction of sp³-hybridized carbons (Fsp3) is 0.250. The summed E-state index contributed by atoms with van der Waals surface area (Å²) in [6.45, 7) is 0.129. The molecule has 0 spiro atoms. The first kappa shape index (κ1) is 14.2. The van der Waals surface area contributed by atoms with Crippen LogP contribution in [0.4, 0.5) is 0 Å². The van der Waals surface area contributed by atoms with E-state index in [0.717, 1.165) is 5.56 Å². The van der Waals surface area contributed by atoms with Crippen molar-refractivity contribution in [3.05, 3.63) is 48.4 Å². The number of hydrogen-bond donors (Lipinski definition) is 2. The molecular weight excluding hydrogens is 282 g/mol. The van der Waals surface area contributed by atoms with E-state index in [1.54, 1.807) is 0 Å². The molecule has 2 aromatic rings. The van der Waals surface area contributed by atoms with E-state index in [4.69, 9.17) is 5.11 Å². The van der Waals surface area contributed by atoms with Gasteiger partial charge in [-0.1, -0.05) is 30.3 Å². The Balaban J connectivity index is 1.80. The first-order chi connectivity index (χ1) is 10.6. The van der Waals surface area contributed by atoms with Crippen molar-refractivity contribution in [3.63, 3.8) is 0 Å². The lowest BCUT2D eigenvalue weighted by Crippen LogP contribution is -2.34. The average Bonchev–Trinajstić information content (AvgIpc) is 3.35. The van der Waals surface area contributed by atoms with Gasteiger partial charge in [0.1, 0.15) is 6.33 Å². The van der Waals surface area contributed by atoms with E-state index in [9.17, 15) is 9.59 Å². The van der Waals surface area contributed by atoms with Crippen molar-refractivity contribution in [2.45, 2.75) is 12.8 Å². The molecule has 112 valence electrons. The standard InChI is InChI=1S/C16H15N3O3/c20-14(18-9-16(6-7-16)15(21)22)12-8-17-10-19-13(12)11-4-2-1-3-5-11/h1-5,8,10H,6-7,9H2,(H,18,20)(H,21,22). The van der Waals surface area contributed by atoms with E-state index in [0.29, 0.717) is 24.1 Å². The molecule has 6 nitrogen and oxygen atoms in total. The summed E-state index contributed by atoms with van der Waals surface area (Å²) in [6.07, 6.45) is 4.03. The normalized spacial score (nSPS) is 15.1. The Bertz CT molecular complexity index is 712. The van der Waals surface area contributed by atoms with Crippen LogP contribution < -0.4 is 5.32 Å². The molecule has 6 heteroatoms. The van der Waals surface area contributed by atoms with Crippen molar-refractivity contribution in [2.75, 3.05) is 6.54 Å². The molecule has 1 aromatic carbocycles. The predicted molar refractivity (Wildman–Crippen MR) is 79.1 cm³/mol. The summed E-state index contributed by atoms with van der Waals surface area (Å²) in [5.74, 6) is -1.22. The maximum absolute atomic E-state index is 12.4. The molecule has 1 fully saturated rings. The fourth-order valence-corrected chi connectivity index (χ4v) is 2.28. The average molecular weight is 297 g/mol. The van der Waals surface area contributed by atoms with Crippen LogP contribution in [-0.4, -0.2) is 33.5 Å². The fourth-order valence-electron chi connectivity index (χ4n) is 2.28. The highest BCUT2D eigenvalue weighted by Crippen LogP contribution is 2.45. The molecule has 0 unspecified atom stereocenters. The number of hydrogen-bond acceptors (Lipinski definition) is 4. The van der Waals surface area contributed by atoms with E-state index in [1.807, 2.05) is 30.3 Å². The Morgan fingerprint density at radius 1 is 1.23 bits per heavy atom. The van der Waals surface area contributed by atoms with Crippen LogP contribution in [0.2, 0.25) is 0 Å². The lowest BCUT2D eigenvalue weighted by molar-refractivity contribution is -0.143. The van der Waals surface area contributed by atoms with Crippen LogP contribution >= 0.6 is 0 Å². The largest absolute Gasteiger partial charge is 0.481 e. The van der Waals surface area contributed by atoms with Gasteiger partial charge >= 0.3 is 5.97 Å². The molecule has 0 radical (unpaired) electrons. The summed E-state index contributed by atoms with van der Waals surface area (Å²) in [5, 5.41) is 11.8. The minimum Gasteiger partial charge on any atom is -0.481 e. The quantitative estimate of drug-likeness (QED) is 0.877. The number of nitrogens with zero attached hydrogens (tertiary/aromatic N) is 2. The van der Waals surface area contributed by atoms with Gasteiger partial charge < -0.3 is 10.4 Å². The number of aliphatic carboxylic acids is 1. The van der Waals surface area contributed by atoms with Crippen molar-refractivity contribution in [2.24, 2.45) is 5.41 Å². The number of aromatic nitrogens is 2. The molecule has 0 atom stereocenters. The molecule has 0 bridgehead atoms. The Labute approximate surface area is 127 Å². The molecule has 2 N–H and O–H groups in total. The van der Waals surface area contributed by atoms with Crippen LogP contribution in [0.1, 0.15) is 23.2 Å². The van der Waals surface area contributed by atoms with Crippen LogP contribution in [0.25, 0.3) is 11.3 Å². The van der Waals surface area contributed by atoms with Crippen molar-refractivity contribution in [1.29, 1.82) is 0 Å². The number of carbonyl (C=O) groups is 2. The second-order valence-electron chi connectivity index (χ2n) is 5.42. The molecule has 0 saturated heterocycles. The smallest absolute Gasteiger partial charge is 0.311 e. The Morgan fingerprint density at radius 2 is 1.95 bits per heavy atom. The summed E-state index contributed by atoms with van der Waals surface area (Å²) in [5.41, 5.74) is 0.899. The van der Waals surface area contributed by atoms with Crippen LogP contribution in [-0.2, 0) is 4.79 Å². The van der Waals surface area contributed by atoms with Gasteiger partial charge in [0.15, 0.2) is 0 Å². The lowest BCUT2D eigenvalue weighted by atomic mass is 10.1. The Kier molecular flexibility index (Phi) is 3.58. The van der Waals surface area contributed by atoms with Gasteiger partial charge in [-0.2, -0.15) is 0 Å². The number of rotatable bonds is 5. The van der Waals surface area contributed by atoms with E-state index < -0.39 is 11.4 Å². The molecule has 1 aromatic heterocycles. The van der Waals surface area contributed by atoms with Gasteiger partial charge in [-0.3, -0.25) is 9.59 Å². The molecule has 0 aliphatic heterocycles. The first-order valence-corrected chi connectivity index (χ1v) is 6.99. The number of carboxylic acids is 1. The van der Waals surface area contributed by atoms with E-state index in [1.165, 1.54) is 12.5 Å². The number of carboxylic acid groups (broad SMARTS) is 1. The van der Waals surface area contributed by atoms with Crippen molar-refractivity contribution in [3.8, 4) is 11.3 Å². The van der Waals surface area contributed by atoms with Gasteiger partial charge in [0, 0.05) is 18.3 Å². The maximum Gasteiger partial charge on any atom is 0.311 e. The summed E-state index contributed by atoms with van der Waals surface area (Å²) in [7, 11) is 0. The summed E-state index contributed by atoms with van der Waals surface area (Å²) in [4.78, 5) is 31.6. The molecule has 1 heterocycles. The van der Waals surface area contributed by atoms with E-state index in [-0.39, 0.29) is 12.5 Å². The predicted octanol–water partition coefficient (Wildman–Crippen LogP) is 1.74. The van der Waals surface area contributed by atoms with Crippen LogP contribution in [0, 0.1) is 5.41 Å². The number of carbonyl (C=O) groups excluding carboxylic acids is 1. The molecular formula is C16H15N3O3. The minimum absolute atomic E-state index is 0.129. The number of amides is 1. The molecule has 1 aliphatic rings. The second kappa shape index (κ2) is 5.55. The monoisotopic (exact) mass is 297 g/mol. The zero-order chi connectivity index (χ0) is 15.6. The van der Waals surface area contributed by atoms with Crippen molar-refractivity contribution in [1.82, 2.24) is 15.3 Å². The van der Waals surface area contributed by atoms with Gasteiger partial charge in [0.25, 0.3) is 5.91 Å². The minimum atomic E-state index is -0.861. The SMILES string of the molecule is O=C(NCC1(C(=O)O)CC1)c1cncnc1-c1ccccc1.